The first kappa shape index (κ1) is 18.2. The van der Waals surface area contributed by atoms with Crippen LogP contribution < -0.4 is 15.5 Å². The molecule has 1 atom stereocenters. The fourth-order valence-corrected chi connectivity index (χ4v) is 3.41. The molecular formula is C18H21BN4O2S. The summed E-state index contributed by atoms with van der Waals surface area (Å²) in [5.41, 5.74) is 2.68. The zero-order chi connectivity index (χ0) is 18.7. The first-order chi connectivity index (χ1) is 12.4. The molecule has 0 spiro atoms. The third kappa shape index (κ3) is 3.96. The van der Waals surface area contributed by atoms with E-state index in [-0.39, 0.29) is 0 Å². The minimum Gasteiger partial charge on any atom is -0.489 e. The molecule has 0 fully saturated rings. The summed E-state index contributed by atoms with van der Waals surface area (Å²) in [7, 11) is -0.752. The molecular weight excluding hydrogens is 347 g/mol. The fraction of sp³-hybridized carbons (Fsp3) is 0.222. The number of ether oxygens (including phenoxy) is 1. The van der Waals surface area contributed by atoms with Crippen LogP contribution in [0.25, 0.3) is 10.9 Å². The highest BCUT2D eigenvalue weighted by Gasteiger charge is 2.09. The van der Waals surface area contributed by atoms with E-state index < -0.39 is 9.73 Å². The van der Waals surface area contributed by atoms with E-state index in [0.717, 1.165) is 40.0 Å². The first-order valence-electron chi connectivity index (χ1n) is 8.33. The molecule has 0 aliphatic heterocycles. The quantitative estimate of drug-likeness (QED) is 0.650. The Balaban J connectivity index is 1.87. The third-order valence-corrected chi connectivity index (χ3v) is 5.17. The van der Waals surface area contributed by atoms with Gasteiger partial charge in [0.2, 0.25) is 0 Å². The second-order valence-electron chi connectivity index (χ2n) is 6.17. The van der Waals surface area contributed by atoms with Crippen molar-refractivity contribution in [3.8, 4) is 5.75 Å². The molecule has 0 aliphatic carbocycles. The maximum absolute atomic E-state index is 11.9. The number of nitrogens with zero attached hydrogens (tertiary/aromatic N) is 2. The van der Waals surface area contributed by atoms with Gasteiger partial charge in [0.25, 0.3) is 0 Å². The standard InChI is InChI=1S/C18H21BN4O2S/c1-3-21-18-14-8-15(19)17(9-16(14)22-11-23-18)25-10-12-5-4-6-13(7-12)26(2,20)24/h4-9,11,20H,3,10,19H2,1-2H3,(H,21,22,23). The molecule has 1 aromatic heterocycles. The maximum atomic E-state index is 11.9. The molecule has 0 saturated carbocycles. The summed E-state index contributed by atoms with van der Waals surface area (Å²) in [6, 6.07) is 11.1. The maximum Gasteiger partial charge on any atom is 0.144 e. The summed E-state index contributed by atoms with van der Waals surface area (Å²) in [5.74, 6) is 1.56. The second kappa shape index (κ2) is 7.33. The molecule has 0 radical (unpaired) electrons. The van der Waals surface area contributed by atoms with Gasteiger partial charge in [0, 0.05) is 29.1 Å². The smallest absolute Gasteiger partial charge is 0.144 e. The van der Waals surface area contributed by atoms with Crippen molar-refractivity contribution >= 4 is 39.8 Å². The Morgan fingerprint density at radius 1 is 1.27 bits per heavy atom. The minimum atomic E-state index is -2.73. The van der Waals surface area contributed by atoms with Crippen molar-refractivity contribution in [3.05, 3.63) is 48.3 Å². The van der Waals surface area contributed by atoms with Gasteiger partial charge in [-0.05, 0) is 30.1 Å². The lowest BCUT2D eigenvalue weighted by Gasteiger charge is -2.13. The van der Waals surface area contributed by atoms with Crippen LogP contribution in [-0.4, -0.2) is 34.8 Å². The van der Waals surface area contributed by atoms with Crippen molar-refractivity contribution in [2.75, 3.05) is 18.1 Å². The molecule has 6 nitrogen and oxygen atoms in total. The van der Waals surface area contributed by atoms with E-state index in [1.165, 1.54) is 12.6 Å². The van der Waals surface area contributed by atoms with E-state index in [2.05, 4.69) is 15.3 Å². The lowest BCUT2D eigenvalue weighted by Crippen LogP contribution is -2.11. The number of rotatable bonds is 6. The van der Waals surface area contributed by atoms with E-state index in [0.29, 0.717) is 11.5 Å². The normalized spacial score (nSPS) is 13.3. The highest BCUT2D eigenvalue weighted by molar-refractivity contribution is 7.91. The Labute approximate surface area is 154 Å². The summed E-state index contributed by atoms with van der Waals surface area (Å²) >= 11 is 0. The van der Waals surface area contributed by atoms with Crippen molar-refractivity contribution in [2.24, 2.45) is 0 Å². The molecule has 26 heavy (non-hydrogen) atoms. The lowest BCUT2D eigenvalue weighted by atomic mass is 9.93. The summed E-state index contributed by atoms with van der Waals surface area (Å²) in [4.78, 5) is 9.13. The molecule has 3 aromatic rings. The van der Waals surface area contributed by atoms with Gasteiger partial charge in [-0.3, -0.25) is 0 Å². The van der Waals surface area contributed by atoms with Crippen LogP contribution in [-0.2, 0) is 16.3 Å². The van der Waals surface area contributed by atoms with E-state index in [1.807, 2.05) is 33.0 Å². The van der Waals surface area contributed by atoms with E-state index >= 15 is 0 Å². The second-order valence-corrected chi connectivity index (χ2v) is 8.33. The molecule has 8 heteroatoms. The van der Waals surface area contributed by atoms with Crippen LogP contribution in [0.3, 0.4) is 0 Å². The number of hydrogen-bond donors (Lipinski definition) is 2. The van der Waals surface area contributed by atoms with E-state index in [1.54, 1.807) is 18.2 Å². The van der Waals surface area contributed by atoms with Crippen molar-refractivity contribution in [1.82, 2.24) is 9.97 Å². The van der Waals surface area contributed by atoms with Crippen LogP contribution in [0, 0.1) is 4.78 Å². The molecule has 134 valence electrons. The highest BCUT2D eigenvalue weighted by atomic mass is 32.2. The molecule has 0 bridgehead atoms. The van der Waals surface area contributed by atoms with Crippen molar-refractivity contribution in [3.63, 3.8) is 0 Å². The van der Waals surface area contributed by atoms with Crippen molar-refractivity contribution in [1.29, 1.82) is 4.78 Å². The number of nitrogens with one attached hydrogen (secondary N) is 2. The topological polar surface area (TPSA) is 88.0 Å². The van der Waals surface area contributed by atoms with Crippen molar-refractivity contribution < 1.29 is 8.95 Å². The van der Waals surface area contributed by atoms with Crippen LogP contribution in [0.15, 0.2) is 47.6 Å². The average molecular weight is 368 g/mol. The van der Waals surface area contributed by atoms with Gasteiger partial charge in [0.15, 0.2) is 0 Å². The number of anilines is 1. The van der Waals surface area contributed by atoms with Crippen LogP contribution in [0.2, 0.25) is 0 Å². The summed E-state index contributed by atoms with van der Waals surface area (Å²) in [5, 5.41) is 4.20. The molecule has 0 aliphatic rings. The third-order valence-electron chi connectivity index (χ3n) is 4.02. The Morgan fingerprint density at radius 3 is 2.81 bits per heavy atom. The predicted octanol–water partition coefficient (Wildman–Crippen LogP) is 1.93. The monoisotopic (exact) mass is 368 g/mol. The number of hydrogen-bond acceptors (Lipinski definition) is 6. The largest absolute Gasteiger partial charge is 0.489 e. The molecule has 0 saturated heterocycles. The molecule has 2 N–H and O–H groups in total. The Bertz CT molecular complexity index is 1050. The van der Waals surface area contributed by atoms with Crippen LogP contribution >= 0.6 is 0 Å². The minimum absolute atomic E-state index is 0.334. The van der Waals surface area contributed by atoms with Gasteiger partial charge in [0.05, 0.1) is 15.2 Å². The van der Waals surface area contributed by atoms with Crippen LogP contribution in [0.5, 0.6) is 5.75 Å². The SMILES string of the molecule is Bc1cc2c(NCC)ncnc2cc1OCc1cccc(S(C)(=N)=O)c1. The lowest BCUT2D eigenvalue weighted by molar-refractivity contribution is 0.309. The van der Waals surface area contributed by atoms with Gasteiger partial charge < -0.3 is 10.1 Å². The van der Waals surface area contributed by atoms with Crippen LogP contribution in [0.1, 0.15) is 12.5 Å². The van der Waals surface area contributed by atoms with Gasteiger partial charge in [-0.15, -0.1) is 0 Å². The Morgan fingerprint density at radius 2 is 2.08 bits per heavy atom. The predicted molar refractivity (Wildman–Crippen MR) is 108 cm³/mol. The zero-order valence-electron chi connectivity index (χ0n) is 15.1. The Hall–Kier alpha value is -2.61. The van der Waals surface area contributed by atoms with Gasteiger partial charge in [-0.2, -0.15) is 0 Å². The zero-order valence-corrected chi connectivity index (χ0v) is 15.9. The fourth-order valence-electron chi connectivity index (χ4n) is 2.69. The van der Waals surface area contributed by atoms with Crippen LogP contribution in [0.4, 0.5) is 5.82 Å². The van der Waals surface area contributed by atoms with E-state index in [4.69, 9.17) is 9.52 Å². The molecule has 1 heterocycles. The molecule has 0 amide bonds. The summed E-state index contributed by atoms with van der Waals surface area (Å²) < 4.78 is 25.6. The number of aromatic nitrogens is 2. The van der Waals surface area contributed by atoms with Crippen molar-refractivity contribution in [2.45, 2.75) is 18.4 Å². The van der Waals surface area contributed by atoms with E-state index in [9.17, 15) is 4.21 Å². The average Bonchev–Trinajstić information content (AvgIpc) is 2.60. The summed E-state index contributed by atoms with van der Waals surface area (Å²) in [6.45, 7) is 3.15. The number of benzene rings is 2. The van der Waals surface area contributed by atoms with Gasteiger partial charge in [-0.1, -0.05) is 18.2 Å². The first-order valence-corrected chi connectivity index (χ1v) is 10.3. The van der Waals surface area contributed by atoms with Gasteiger partial charge in [0.1, 0.15) is 32.3 Å². The molecule has 1 unspecified atom stereocenters. The Kier molecular flexibility index (Phi) is 5.13. The number of fused-ring (bicyclic) bond motifs is 1. The van der Waals surface area contributed by atoms with Gasteiger partial charge >= 0.3 is 0 Å². The van der Waals surface area contributed by atoms with Gasteiger partial charge in [-0.25, -0.2) is 19.0 Å². The summed E-state index contributed by atoms with van der Waals surface area (Å²) in [6.07, 6.45) is 2.96. The molecule has 3 rings (SSSR count). The highest BCUT2D eigenvalue weighted by Crippen LogP contribution is 2.23. The molecule has 2 aromatic carbocycles.